The Morgan fingerprint density at radius 2 is 1.88 bits per heavy atom. The molecule has 0 spiro atoms. The molecule has 7 heteroatoms. The molecule has 0 radical (unpaired) electrons. The number of β-amino-alcohol motifs (C(OH)–C–C–N with tert-alkyl or cyclic N) is 1. The summed E-state index contributed by atoms with van der Waals surface area (Å²) in [6.45, 7) is 8.53. The Morgan fingerprint density at radius 1 is 1.15 bits per heavy atom. The molecular formula is C26H32F2N4O. The Bertz CT molecular complexity index is 1100. The normalized spacial score (nSPS) is 19.7. The molecule has 1 aromatic heterocycles. The fourth-order valence-corrected chi connectivity index (χ4v) is 4.36. The molecule has 2 aromatic carbocycles. The molecule has 3 N–H and O–H groups in total. The predicted octanol–water partition coefficient (Wildman–Crippen LogP) is 4.28. The van der Waals surface area contributed by atoms with Crippen LogP contribution >= 0.6 is 0 Å². The van der Waals surface area contributed by atoms with E-state index < -0.39 is 5.60 Å². The molecule has 0 bridgehead atoms. The van der Waals surface area contributed by atoms with Crippen LogP contribution in [0.4, 0.5) is 8.78 Å². The minimum Gasteiger partial charge on any atom is -0.387 e. The lowest BCUT2D eigenvalue weighted by Crippen LogP contribution is -2.46. The van der Waals surface area contributed by atoms with Gasteiger partial charge in [-0.3, -0.25) is 0 Å². The summed E-state index contributed by atoms with van der Waals surface area (Å²) in [6.07, 6.45) is 2.57. The Kier molecular flexibility index (Phi) is 6.66. The quantitative estimate of drug-likeness (QED) is 0.499. The van der Waals surface area contributed by atoms with E-state index >= 15 is 0 Å². The van der Waals surface area contributed by atoms with Crippen LogP contribution in [-0.2, 0) is 6.54 Å². The smallest absolute Gasteiger partial charge is 0.127 e. The highest BCUT2D eigenvalue weighted by atomic mass is 19.1. The SMILES string of the molecule is CC(C)(C)[C@@H](NCC1(O)CCNC1)c1nc(-c2cccc(F)c2)cn1Cc1cccc(F)c1. The summed E-state index contributed by atoms with van der Waals surface area (Å²) in [7, 11) is 0. The van der Waals surface area contributed by atoms with E-state index in [9.17, 15) is 13.9 Å². The molecule has 4 rings (SSSR count). The van der Waals surface area contributed by atoms with Crippen molar-refractivity contribution < 1.29 is 13.9 Å². The number of aromatic nitrogens is 2. The molecule has 1 saturated heterocycles. The van der Waals surface area contributed by atoms with E-state index in [1.165, 1.54) is 24.3 Å². The van der Waals surface area contributed by atoms with E-state index in [1.54, 1.807) is 12.1 Å². The van der Waals surface area contributed by atoms with Gasteiger partial charge in [-0.15, -0.1) is 0 Å². The number of halogens is 2. The van der Waals surface area contributed by atoms with Crippen molar-refractivity contribution in [2.45, 2.75) is 45.4 Å². The van der Waals surface area contributed by atoms with Crippen LogP contribution in [0.15, 0.2) is 54.7 Å². The van der Waals surface area contributed by atoms with Gasteiger partial charge in [0.15, 0.2) is 0 Å². The molecule has 0 saturated carbocycles. The second-order valence-corrected chi connectivity index (χ2v) is 10.1. The number of nitrogens with one attached hydrogen (secondary N) is 2. The van der Waals surface area contributed by atoms with Crippen LogP contribution in [0.25, 0.3) is 11.3 Å². The van der Waals surface area contributed by atoms with E-state index in [0.717, 1.165) is 17.9 Å². The molecule has 2 atom stereocenters. The summed E-state index contributed by atoms with van der Waals surface area (Å²) >= 11 is 0. The van der Waals surface area contributed by atoms with Crippen molar-refractivity contribution in [3.05, 3.63) is 77.8 Å². The maximum Gasteiger partial charge on any atom is 0.127 e. The minimum absolute atomic E-state index is 0.196. The Labute approximate surface area is 193 Å². The fourth-order valence-electron chi connectivity index (χ4n) is 4.36. The van der Waals surface area contributed by atoms with E-state index in [2.05, 4.69) is 31.4 Å². The summed E-state index contributed by atoms with van der Waals surface area (Å²) in [5.41, 5.74) is 1.10. The number of hydrogen-bond donors (Lipinski definition) is 3. The van der Waals surface area contributed by atoms with E-state index in [1.807, 2.05) is 22.9 Å². The van der Waals surface area contributed by atoms with Crippen LogP contribution in [0.1, 0.15) is 44.6 Å². The molecule has 1 aliphatic heterocycles. The van der Waals surface area contributed by atoms with Crippen LogP contribution in [0.3, 0.4) is 0 Å². The van der Waals surface area contributed by atoms with Crippen LogP contribution in [0, 0.1) is 17.0 Å². The largest absolute Gasteiger partial charge is 0.387 e. The summed E-state index contributed by atoms with van der Waals surface area (Å²) in [6, 6.07) is 12.7. The lowest BCUT2D eigenvalue weighted by atomic mass is 9.85. The average Bonchev–Trinajstić information content (AvgIpc) is 3.34. The number of imidazole rings is 1. The van der Waals surface area contributed by atoms with Crippen molar-refractivity contribution in [3.63, 3.8) is 0 Å². The van der Waals surface area contributed by atoms with Crippen LogP contribution in [0.2, 0.25) is 0 Å². The first-order chi connectivity index (χ1) is 15.6. The molecule has 33 heavy (non-hydrogen) atoms. The first-order valence-electron chi connectivity index (χ1n) is 11.4. The number of rotatable bonds is 7. The third-order valence-corrected chi connectivity index (χ3v) is 6.15. The van der Waals surface area contributed by atoms with Gasteiger partial charge in [0.1, 0.15) is 17.5 Å². The molecular weight excluding hydrogens is 422 g/mol. The van der Waals surface area contributed by atoms with Gasteiger partial charge in [-0.05, 0) is 48.2 Å². The lowest BCUT2D eigenvalue weighted by Gasteiger charge is -2.34. The molecule has 2 heterocycles. The van der Waals surface area contributed by atoms with Gasteiger partial charge in [-0.2, -0.15) is 0 Å². The standard InChI is InChI=1S/C26H32F2N4O/c1-25(2,3)23(30-17-26(33)10-11-29-16-26)24-31-22(19-7-5-9-21(28)13-19)15-32(24)14-18-6-4-8-20(27)12-18/h4-9,12-13,15,23,29-30,33H,10-11,14,16-17H2,1-3H3/t23-,26?/m0/s1. The zero-order valence-corrected chi connectivity index (χ0v) is 19.4. The molecule has 176 valence electrons. The Hall–Kier alpha value is -2.61. The highest BCUT2D eigenvalue weighted by molar-refractivity contribution is 5.58. The summed E-state index contributed by atoms with van der Waals surface area (Å²) < 4.78 is 29.8. The van der Waals surface area contributed by atoms with Gasteiger partial charge in [0.25, 0.3) is 0 Å². The van der Waals surface area contributed by atoms with Gasteiger partial charge in [0, 0.05) is 31.4 Å². The third kappa shape index (κ3) is 5.66. The first-order valence-corrected chi connectivity index (χ1v) is 11.4. The molecule has 1 fully saturated rings. The molecule has 3 aromatic rings. The van der Waals surface area contributed by atoms with Gasteiger partial charge < -0.3 is 20.3 Å². The van der Waals surface area contributed by atoms with Crippen molar-refractivity contribution in [1.29, 1.82) is 0 Å². The van der Waals surface area contributed by atoms with Gasteiger partial charge in [0.05, 0.1) is 17.3 Å². The molecule has 1 unspecified atom stereocenters. The molecule has 5 nitrogen and oxygen atoms in total. The van der Waals surface area contributed by atoms with Crippen molar-refractivity contribution in [1.82, 2.24) is 20.2 Å². The third-order valence-electron chi connectivity index (χ3n) is 6.15. The van der Waals surface area contributed by atoms with Gasteiger partial charge in [-0.1, -0.05) is 45.0 Å². The zero-order valence-electron chi connectivity index (χ0n) is 19.4. The van der Waals surface area contributed by atoms with Gasteiger partial charge in [-0.25, -0.2) is 13.8 Å². The van der Waals surface area contributed by atoms with E-state index in [-0.39, 0.29) is 23.1 Å². The second-order valence-electron chi connectivity index (χ2n) is 10.1. The van der Waals surface area contributed by atoms with Crippen molar-refractivity contribution in [2.75, 3.05) is 19.6 Å². The van der Waals surface area contributed by atoms with Gasteiger partial charge in [0.2, 0.25) is 0 Å². The fraction of sp³-hybridized carbons (Fsp3) is 0.423. The van der Waals surface area contributed by atoms with E-state index in [0.29, 0.717) is 37.3 Å². The van der Waals surface area contributed by atoms with Crippen molar-refractivity contribution >= 4 is 0 Å². The topological polar surface area (TPSA) is 62.1 Å². The van der Waals surface area contributed by atoms with Crippen molar-refractivity contribution in [2.24, 2.45) is 5.41 Å². The Balaban J connectivity index is 1.73. The average molecular weight is 455 g/mol. The number of benzene rings is 2. The molecule has 1 aliphatic rings. The van der Waals surface area contributed by atoms with E-state index in [4.69, 9.17) is 4.98 Å². The van der Waals surface area contributed by atoms with Crippen LogP contribution in [-0.4, -0.2) is 39.9 Å². The Morgan fingerprint density at radius 3 is 2.52 bits per heavy atom. The minimum atomic E-state index is -0.811. The summed E-state index contributed by atoms with van der Waals surface area (Å²) in [5.74, 6) is 0.150. The zero-order chi connectivity index (χ0) is 23.6. The maximum atomic E-state index is 13.9. The highest BCUT2D eigenvalue weighted by Crippen LogP contribution is 2.35. The monoisotopic (exact) mass is 454 g/mol. The lowest BCUT2D eigenvalue weighted by molar-refractivity contribution is 0.0516. The van der Waals surface area contributed by atoms with Crippen molar-refractivity contribution in [3.8, 4) is 11.3 Å². The second kappa shape index (κ2) is 9.33. The predicted molar refractivity (Wildman–Crippen MR) is 126 cm³/mol. The number of hydrogen-bond acceptors (Lipinski definition) is 4. The molecule has 0 aliphatic carbocycles. The first kappa shape index (κ1) is 23.5. The molecule has 0 amide bonds. The van der Waals surface area contributed by atoms with Gasteiger partial charge >= 0.3 is 0 Å². The summed E-state index contributed by atoms with van der Waals surface area (Å²) in [5, 5.41) is 17.6. The van der Waals surface area contributed by atoms with Crippen LogP contribution in [0.5, 0.6) is 0 Å². The summed E-state index contributed by atoms with van der Waals surface area (Å²) in [4.78, 5) is 4.92. The number of aliphatic hydroxyl groups is 1. The highest BCUT2D eigenvalue weighted by Gasteiger charge is 2.36. The number of nitrogens with zero attached hydrogens (tertiary/aromatic N) is 2. The van der Waals surface area contributed by atoms with Crippen LogP contribution < -0.4 is 10.6 Å². The maximum absolute atomic E-state index is 13.9.